The molecule has 136 valence electrons. The van der Waals surface area contributed by atoms with E-state index in [0.29, 0.717) is 0 Å². The average Bonchev–Trinajstić information content (AvgIpc) is 3.31. The van der Waals surface area contributed by atoms with Crippen molar-refractivity contribution in [2.24, 2.45) is 0 Å². The molecule has 0 bridgehead atoms. The molecule has 0 heteroatoms. The molecule has 0 aliphatic heterocycles. The van der Waals surface area contributed by atoms with Crippen molar-refractivity contribution >= 4 is 11.1 Å². The number of benzene rings is 1. The molecule has 3 aliphatic carbocycles. The van der Waals surface area contributed by atoms with Gasteiger partial charge in [-0.25, -0.2) is 0 Å². The summed E-state index contributed by atoms with van der Waals surface area (Å²) < 4.78 is 0. The molecule has 0 saturated heterocycles. The summed E-state index contributed by atoms with van der Waals surface area (Å²) in [5.41, 5.74) is 9.28. The predicted octanol–water partition coefficient (Wildman–Crippen LogP) is 6.47. The zero-order valence-corrected chi connectivity index (χ0v) is 17.6. The quantitative estimate of drug-likeness (QED) is 0.509. The first-order valence-electron chi connectivity index (χ1n) is 9.88. The summed E-state index contributed by atoms with van der Waals surface area (Å²) in [6.45, 7) is 16.9. The van der Waals surface area contributed by atoms with Gasteiger partial charge in [-0.05, 0) is 68.5 Å². The maximum atomic E-state index is 2.27. The highest BCUT2D eigenvalue weighted by Gasteiger charge is 2.19. The lowest BCUT2D eigenvalue weighted by atomic mass is 10.1. The van der Waals surface area contributed by atoms with Crippen molar-refractivity contribution in [1.82, 2.24) is 0 Å². The van der Waals surface area contributed by atoms with Crippen molar-refractivity contribution in [3.8, 4) is 0 Å². The molecule has 0 radical (unpaired) electrons. The van der Waals surface area contributed by atoms with Crippen LogP contribution in [0.3, 0.4) is 0 Å². The Bertz CT molecular complexity index is 756. The first-order valence-corrected chi connectivity index (χ1v) is 9.88. The van der Waals surface area contributed by atoms with E-state index in [1.165, 1.54) is 46.4 Å². The van der Waals surface area contributed by atoms with Crippen LogP contribution in [0.2, 0.25) is 0 Å². The fourth-order valence-electron chi connectivity index (χ4n) is 3.72. The van der Waals surface area contributed by atoms with E-state index in [9.17, 15) is 0 Å². The lowest BCUT2D eigenvalue weighted by molar-refractivity contribution is 1.12. The molecule has 25 heavy (non-hydrogen) atoms. The van der Waals surface area contributed by atoms with Gasteiger partial charge < -0.3 is 0 Å². The summed E-state index contributed by atoms with van der Waals surface area (Å²) in [7, 11) is 0. The summed E-state index contributed by atoms with van der Waals surface area (Å²) in [6.07, 6.45) is 8.09. The van der Waals surface area contributed by atoms with Gasteiger partial charge in [0.1, 0.15) is 0 Å². The molecule has 0 nitrogen and oxygen atoms in total. The van der Waals surface area contributed by atoms with E-state index in [1.54, 1.807) is 16.7 Å². The summed E-state index contributed by atoms with van der Waals surface area (Å²) in [6, 6.07) is 8.64. The second kappa shape index (κ2) is 10.2. The molecule has 1 aromatic rings. The van der Waals surface area contributed by atoms with Gasteiger partial charge in [0.25, 0.3) is 0 Å². The van der Waals surface area contributed by atoms with Gasteiger partial charge in [-0.2, -0.15) is 0 Å². The molecule has 0 amide bonds. The Morgan fingerprint density at radius 1 is 0.640 bits per heavy atom. The second-order valence-corrected chi connectivity index (χ2v) is 6.52. The first-order chi connectivity index (χ1) is 12.1. The normalized spacial score (nSPS) is 16.5. The maximum absolute atomic E-state index is 2.27. The van der Waals surface area contributed by atoms with Crippen LogP contribution in [0.15, 0.2) is 58.7 Å². The highest BCUT2D eigenvalue weighted by atomic mass is 14.2. The van der Waals surface area contributed by atoms with Crippen LogP contribution in [0.4, 0.5) is 0 Å². The lowest BCUT2D eigenvalue weighted by Crippen LogP contribution is -2.22. The van der Waals surface area contributed by atoms with E-state index >= 15 is 0 Å². The predicted molar refractivity (Wildman–Crippen MR) is 115 cm³/mol. The molecule has 0 N–H and O–H groups in total. The molecule has 0 atom stereocenters. The van der Waals surface area contributed by atoms with Gasteiger partial charge in [-0.15, -0.1) is 0 Å². The van der Waals surface area contributed by atoms with E-state index in [4.69, 9.17) is 0 Å². The lowest BCUT2D eigenvalue weighted by Gasteiger charge is -1.94. The first kappa shape index (κ1) is 21.2. The Morgan fingerprint density at radius 3 is 1.60 bits per heavy atom. The number of allylic oxidation sites excluding steroid dienone is 6. The standard InChI is InChI=1S/C11H12.C10H12.2C2H6/c1-8-7-9(2)11-6-4-3-5-10(8)11;1-7-6-8(2)10-5-3-4-9(7)10;2*1-2/h3-6H,7H2,1-2H3;3-4H,5-6H2,1-2H3;2*1-2H3. The van der Waals surface area contributed by atoms with Crippen molar-refractivity contribution in [2.75, 3.05) is 0 Å². The van der Waals surface area contributed by atoms with E-state index < -0.39 is 0 Å². The second-order valence-electron chi connectivity index (χ2n) is 6.52. The van der Waals surface area contributed by atoms with E-state index in [0.717, 1.165) is 0 Å². The van der Waals surface area contributed by atoms with Gasteiger partial charge in [0.2, 0.25) is 0 Å². The Labute approximate surface area is 155 Å². The summed E-state index contributed by atoms with van der Waals surface area (Å²) >= 11 is 0. The van der Waals surface area contributed by atoms with Crippen molar-refractivity contribution in [3.05, 3.63) is 69.1 Å². The fourth-order valence-corrected chi connectivity index (χ4v) is 3.72. The molecule has 0 aromatic heterocycles. The van der Waals surface area contributed by atoms with Crippen molar-refractivity contribution < 1.29 is 0 Å². The molecular formula is C25H36. The van der Waals surface area contributed by atoms with Crippen LogP contribution in [-0.4, -0.2) is 0 Å². The van der Waals surface area contributed by atoms with Crippen molar-refractivity contribution in [2.45, 2.75) is 74.7 Å². The summed E-state index contributed by atoms with van der Waals surface area (Å²) in [5.74, 6) is 0. The van der Waals surface area contributed by atoms with Crippen molar-refractivity contribution in [1.29, 1.82) is 0 Å². The van der Waals surface area contributed by atoms with Gasteiger partial charge >= 0.3 is 0 Å². The van der Waals surface area contributed by atoms with Crippen molar-refractivity contribution in [3.63, 3.8) is 0 Å². The molecule has 4 rings (SSSR count). The van der Waals surface area contributed by atoms with Crippen LogP contribution in [-0.2, 0) is 0 Å². The Kier molecular flexibility index (Phi) is 8.69. The monoisotopic (exact) mass is 336 g/mol. The highest BCUT2D eigenvalue weighted by molar-refractivity contribution is 5.64. The largest absolute Gasteiger partial charge is 0.0795 e. The number of hydrogen-bond acceptors (Lipinski definition) is 0. The average molecular weight is 337 g/mol. The number of rotatable bonds is 0. The topological polar surface area (TPSA) is 0 Å². The fraction of sp³-hybridized carbons (Fsp3) is 0.440. The molecule has 0 saturated carbocycles. The van der Waals surface area contributed by atoms with E-state index in [2.05, 4.69) is 64.1 Å². The molecular weight excluding hydrogens is 300 g/mol. The third-order valence-corrected chi connectivity index (χ3v) is 4.81. The minimum atomic E-state index is 1.17. The highest BCUT2D eigenvalue weighted by Crippen LogP contribution is 2.38. The Hall–Kier alpha value is -1.82. The zero-order valence-electron chi connectivity index (χ0n) is 17.6. The molecule has 0 unspecified atom stereocenters. The maximum Gasteiger partial charge on any atom is -0.00886 e. The third kappa shape index (κ3) is 4.84. The molecule has 1 aromatic carbocycles. The van der Waals surface area contributed by atoms with E-state index in [1.807, 2.05) is 27.7 Å². The van der Waals surface area contributed by atoms with Gasteiger partial charge in [-0.1, -0.05) is 86.4 Å². The van der Waals surface area contributed by atoms with Crippen LogP contribution < -0.4 is 10.4 Å². The summed E-state index contributed by atoms with van der Waals surface area (Å²) in [4.78, 5) is 0. The van der Waals surface area contributed by atoms with Crippen LogP contribution in [0.1, 0.15) is 74.7 Å². The van der Waals surface area contributed by atoms with Crippen LogP contribution >= 0.6 is 0 Å². The molecule has 3 aliphatic rings. The van der Waals surface area contributed by atoms with Gasteiger partial charge in [-0.3, -0.25) is 0 Å². The third-order valence-electron chi connectivity index (χ3n) is 4.81. The zero-order chi connectivity index (χ0) is 19.0. The minimum absolute atomic E-state index is 1.17. The molecule has 0 heterocycles. The van der Waals surface area contributed by atoms with Gasteiger partial charge in [0, 0.05) is 0 Å². The SMILES string of the molecule is CC.CC.CC1=C2C=CCC2=C(C)C1.CC1=c2ccccc2=C(C)C1. The van der Waals surface area contributed by atoms with Crippen LogP contribution in [0.25, 0.3) is 11.1 Å². The number of fused-ring (bicyclic) bond motifs is 2. The summed E-state index contributed by atoms with van der Waals surface area (Å²) in [5, 5.41) is 2.90. The molecule has 0 spiro atoms. The Morgan fingerprint density at radius 2 is 1.12 bits per heavy atom. The van der Waals surface area contributed by atoms with Gasteiger partial charge in [0.05, 0.1) is 0 Å². The van der Waals surface area contributed by atoms with E-state index in [-0.39, 0.29) is 0 Å². The Balaban J connectivity index is 0.000000210. The van der Waals surface area contributed by atoms with Crippen LogP contribution in [0.5, 0.6) is 0 Å². The number of hydrogen-bond donors (Lipinski definition) is 0. The van der Waals surface area contributed by atoms with Gasteiger partial charge in [0.15, 0.2) is 0 Å². The minimum Gasteiger partial charge on any atom is -0.0795 e. The smallest absolute Gasteiger partial charge is 0.00886 e. The molecule has 0 fully saturated rings. The van der Waals surface area contributed by atoms with Crippen LogP contribution in [0, 0.1) is 0 Å².